The minimum absolute atomic E-state index is 0.0433. The van der Waals surface area contributed by atoms with Crippen LogP contribution in [0.2, 0.25) is 0 Å². The Hall–Kier alpha value is -3.25. The highest BCUT2D eigenvalue weighted by Crippen LogP contribution is 2.49. The maximum atomic E-state index is 12.5. The van der Waals surface area contributed by atoms with Crippen molar-refractivity contribution in [3.8, 4) is 5.75 Å². The lowest BCUT2D eigenvalue weighted by atomic mass is 10.0. The van der Waals surface area contributed by atoms with E-state index in [1.54, 1.807) is 0 Å². The monoisotopic (exact) mass is 638 g/mol. The Balaban J connectivity index is 2.12. The van der Waals surface area contributed by atoms with Crippen molar-refractivity contribution in [2.75, 3.05) is 18.1 Å². The third kappa shape index (κ3) is 7.28. The lowest BCUT2D eigenvalue weighted by Gasteiger charge is -2.14. The van der Waals surface area contributed by atoms with Gasteiger partial charge in [-0.1, -0.05) is 11.1 Å². The summed E-state index contributed by atoms with van der Waals surface area (Å²) in [6, 6.07) is 7.01. The maximum Gasteiger partial charge on any atom is 0.397 e. The molecule has 3 aromatic carbocycles. The standard InChI is InChI=1S/C19H18N4O13S4/c1-21-18-14(39(28,29)30)8-10-7-13(37-36-35-25)17(19(24)15(10)16(18)20)23-22-11-3-2-4-12(9-11)38(26,27)6-5-34-40(31,32)33/h2-4,7-9,24-25H,1,5-6,20H2,(H,28,29,30)(H,31,32,33)/b23-22-. The number of phenolic OH excluding ortho intramolecular Hbond substituents is 1. The van der Waals surface area contributed by atoms with Crippen LogP contribution in [-0.4, -0.2) is 63.8 Å². The molecule has 0 aliphatic heterocycles. The summed E-state index contributed by atoms with van der Waals surface area (Å²) in [6.07, 6.45) is 0. The number of aromatic hydroxyl groups is 1. The number of sulfone groups is 1. The van der Waals surface area contributed by atoms with Crippen LogP contribution >= 0.6 is 12.0 Å². The van der Waals surface area contributed by atoms with E-state index >= 15 is 0 Å². The fourth-order valence-corrected chi connectivity index (χ4v) is 6.01. The summed E-state index contributed by atoms with van der Waals surface area (Å²) in [7, 11) is -13.8. The minimum Gasteiger partial charge on any atom is -0.505 e. The number of hydrogen-bond acceptors (Lipinski definition) is 16. The molecule has 40 heavy (non-hydrogen) atoms. The van der Waals surface area contributed by atoms with Crippen LogP contribution in [0.1, 0.15) is 0 Å². The van der Waals surface area contributed by atoms with E-state index in [9.17, 15) is 34.9 Å². The first-order valence-corrected chi connectivity index (χ1v) is 15.4. The van der Waals surface area contributed by atoms with E-state index in [-0.39, 0.29) is 31.9 Å². The van der Waals surface area contributed by atoms with Gasteiger partial charge in [0.1, 0.15) is 16.3 Å². The van der Waals surface area contributed by atoms with Gasteiger partial charge in [0, 0.05) is 0 Å². The molecule has 0 unspecified atom stereocenters. The first kappa shape index (κ1) is 31.3. The van der Waals surface area contributed by atoms with E-state index in [4.69, 9.17) is 15.5 Å². The number of nitrogen functional groups attached to an aromatic ring is 1. The van der Waals surface area contributed by atoms with Crippen LogP contribution in [0.5, 0.6) is 5.75 Å². The molecule has 0 aromatic heterocycles. The van der Waals surface area contributed by atoms with Gasteiger partial charge < -0.3 is 10.8 Å². The maximum absolute atomic E-state index is 12.5. The summed E-state index contributed by atoms with van der Waals surface area (Å²) in [5.41, 5.74) is 4.74. The van der Waals surface area contributed by atoms with Crippen LogP contribution < -0.4 is 5.73 Å². The lowest BCUT2D eigenvalue weighted by Crippen LogP contribution is -2.15. The Morgan fingerprint density at radius 2 is 1.70 bits per heavy atom. The summed E-state index contributed by atoms with van der Waals surface area (Å²) in [5.74, 6) is -1.48. The van der Waals surface area contributed by atoms with Crippen LogP contribution in [0.25, 0.3) is 10.8 Å². The average molecular weight is 639 g/mol. The summed E-state index contributed by atoms with van der Waals surface area (Å²) in [4.78, 5) is 2.38. The Kier molecular flexibility index (Phi) is 9.46. The van der Waals surface area contributed by atoms with Crippen molar-refractivity contribution >= 4 is 82.6 Å². The molecule has 0 aliphatic carbocycles. The highest BCUT2D eigenvalue weighted by molar-refractivity contribution is 7.94. The lowest BCUT2D eigenvalue weighted by molar-refractivity contribution is -0.432. The fourth-order valence-electron chi connectivity index (χ4n) is 3.30. The number of hydrogen-bond donors (Lipinski definition) is 5. The molecule has 0 fully saturated rings. The SMILES string of the molecule is C=Nc1c(S(=O)(=O)O)cc2cc(SOOO)c(/N=N\c3cccc(S(=O)(=O)CCOS(=O)(=O)O)c3)c(O)c2c1N. The van der Waals surface area contributed by atoms with Gasteiger partial charge in [-0.3, -0.25) is 14.1 Å². The Bertz CT molecular complexity index is 1830. The molecular formula is C19H18N4O13S4. The molecule has 0 radical (unpaired) electrons. The molecule has 216 valence electrons. The van der Waals surface area contributed by atoms with Gasteiger partial charge in [-0.2, -0.15) is 21.9 Å². The quantitative estimate of drug-likeness (QED) is 0.0362. The van der Waals surface area contributed by atoms with Gasteiger partial charge in [0.15, 0.2) is 15.6 Å². The fraction of sp³-hybridized carbons (Fsp3) is 0.105. The van der Waals surface area contributed by atoms with Crippen molar-refractivity contribution < 1.29 is 58.3 Å². The number of aliphatic imine (C=N–C) groups is 1. The first-order valence-electron chi connectivity index (χ1n) is 10.2. The molecule has 0 spiro atoms. The summed E-state index contributed by atoms with van der Waals surface area (Å²) < 4.78 is 96.5. The second-order valence-electron chi connectivity index (χ2n) is 7.43. The number of nitrogens with zero attached hydrogens (tertiary/aromatic N) is 3. The minimum atomic E-state index is -4.84. The predicted molar refractivity (Wildman–Crippen MR) is 140 cm³/mol. The molecule has 0 atom stereocenters. The summed E-state index contributed by atoms with van der Waals surface area (Å²) >= 11 is 0.305. The second-order valence-corrected chi connectivity index (χ2v) is 12.8. The molecule has 3 rings (SSSR count). The normalized spacial score (nSPS) is 12.8. The van der Waals surface area contributed by atoms with Gasteiger partial charge >= 0.3 is 10.4 Å². The molecule has 0 saturated heterocycles. The predicted octanol–water partition coefficient (Wildman–Crippen LogP) is 3.14. The van der Waals surface area contributed by atoms with Crippen molar-refractivity contribution in [2.45, 2.75) is 14.7 Å². The van der Waals surface area contributed by atoms with Gasteiger partial charge in [0.2, 0.25) is 0 Å². The van der Waals surface area contributed by atoms with Gasteiger partial charge in [0.25, 0.3) is 10.1 Å². The van der Waals surface area contributed by atoms with Crippen LogP contribution in [0, 0.1) is 0 Å². The van der Waals surface area contributed by atoms with Crippen molar-refractivity contribution in [2.24, 2.45) is 15.2 Å². The van der Waals surface area contributed by atoms with Crippen LogP contribution in [-0.2, 0) is 43.9 Å². The molecule has 6 N–H and O–H groups in total. The molecule has 0 saturated carbocycles. The van der Waals surface area contributed by atoms with Crippen molar-refractivity contribution in [1.82, 2.24) is 0 Å². The molecular weight excluding hydrogens is 620 g/mol. The molecule has 21 heteroatoms. The number of fused-ring (bicyclic) bond motifs is 1. The highest BCUT2D eigenvalue weighted by atomic mass is 32.3. The Labute approximate surface area is 230 Å². The van der Waals surface area contributed by atoms with Crippen molar-refractivity contribution in [1.29, 1.82) is 0 Å². The van der Waals surface area contributed by atoms with Crippen molar-refractivity contribution in [3.05, 3.63) is 36.4 Å². The third-order valence-electron chi connectivity index (χ3n) is 4.93. The van der Waals surface area contributed by atoms with Gasteiger partial charge in [0.05, 0.1) is 51.0 Å². The van der Waals surface area contributed by atoms with E-state index in [1.807, 2.05) is 0 Å². The van der Waals surface area contributed by atoms with E-state index in [2.05, 4.69) is 35.5 Å². The Morgan fingerprint density at radius 3 is 2.30 bits per heavy atom. The average Bonchev–Trinajstić information content (AvgIpc) is 2.85. The third-order valence-corrected chi connectivity index (χ3v) is 8.56. The number of benzene rings is 3. The van der Waals surface area contributed by atoms with E-state index in [0.717, 1.165) is 12.1 Å². The van der Waals surface area contributed by atoms with Crippen LogP contribution in [0.3, 0.4) is 0 Å². The van der Waals surface area contributed by atoms with E-state index in [0.29, 0.717) is 12.0 Å². The summed E-state index contributed by atoms with van der Waals surface area (Å²) in [5, 5.41) is 30.7. The second kappa shape index (κ2) is 12.1. The molecule has 3 aromatic rings. The zero-order chi connectivity index (χ0) is 29.9. The molecule has 0 amide bonds. The molecule has 0 heterocycles. The molecule has 17 nitrogen and oxygen atoms in total. The van der Waals surface area contributed by atoms with E-state index < -0.39 is 64.7 Å². The van der Waals surface area contributed by atoms with Crippen LogP contribution in [0.4, 0.5) is 22.7 Å². The topological polar surface area (TPSA) is 274 Å². The number of phenols is 1. The van der Waals surface area contributed by atoms with Crippen molar-refractivity contribution in [3.63, 3.8) is 0 Å². The number of rotatable bonds is 12. The Morgan fingerprint density at radius 1 is 1.00 bits per heavy atom. The highest BCUT2D eigenvalue weighted by Gasteiger charge is 2.25. The molecule has 0 aliphatic rings. The zero-order valence-electron chi connectivity index (χ0n) is 19.6. The van der Waals surface area contributed by atoms with Gasteiger partial charge in [-0.15, -0.1) is 9.45 Å². The largest absolute Gasteiger partial charge is 0.505 e. The first-order chi connectivity index (χ1) is 18.6. The van der Waals surface area contributed by atoms with Crippen LogP contribution in [0.15, 0.2) is 66.3 Å². The smallest absolute Gasteiger partial charge is 0.397 e. The number of azo groups is 1. The van der Waals surface area contributed by atoms with E-state index in [1.165, 1.54) is 24.3 Å². The number of nitrogens with two attached hydrogens (primary N) is 1. The summed E-state index contributed by atoms with van der Waals surface area (Å²) in [6.45, 7) is 2.37. The molecule has 0 bridgehead atoms. The van der Waals surface area contributed by atoms with Gasteiger partial charge in [-0.05, 0) is 42.4 Å². The zero-order valence-corrected chi connectivity index (χ0v) is 22.9. The van der Waals surface area contributed by atoms with Gasteiger partial charge in [-0.25, -0.2) is 17.9 Å². The number of anilines is 1.